The van der Waals surface area contributed by atoms with Crippen molar-refractivity contribution >= 4 is 134 Å². The van der Waals surface area contributed by atoms with E-state index in [-0.39, 0.29) is 125 Å². The predicted molar refractivity (Wildman–Crippen MR) is 556 cm³/mol. The van der Waals surface area contributed by atoms with Crippen LogP contribution in [0.15, 0.2) is 134 Å². The monoisotopic (exact) mass is 2040 g/mol. The van der Waals surface area contributed by atoms with Gasteiger partial charge in [-0.25, -0.2) is 0 Å². The summed E-state index contributed by atoms with van der Waals surface area (Å²) in [6.45, 7) is 19.7. The number of thioether (sulfide) groups is 1. The fourth-order valence-electron chi connectivity index (χ4n) is 16.3. The lowest BCUT2D eigenvalue weighted by Gasteiger charge is -2.30. The Bertz CT molecular complexity index is 5570. The summed E-state index contributed by atoms with van der Waals surface area (Å²) in [5, 5.41) is 83.3. The van der Waals surface area contributed by atoms with E-state index in [1.165, 1.54) is 98.4 Å². The number of H-pyrrole nitrogens is 2. The van der Waals surface area contributed by atoms with E-state index in [0.717, 1.165) is 27.4 Å². The number of phenols is 3. The molecule has 43 heteroatoms. The average Bonchev–Trinajstić information content (AvgIpc) is 1.65. The SMILES string of the molecule is CC[C@@H](C)[C@@H](NC(=O)CNC(=O)[C@@H](C)NC(=O)[C@H](NC(=O)[C@@H](Cc1ccc(O)cc1)NC(=O)[C@@H](C)NC(=O)[C@@H](Cc1ccc(O)cc1)NC(=O)[C@@H](CCSC)NC(=O)[C@@H](Cc1ccc(O)cc1)NC(=O)[C@H](NC(=O)[C@@H](CC(C)C)NC(=O)[C@H](N)Cc1c[nH]c2ccccc12)[C@H](C)CC)C(C)C)C(=O)N[C@H](CC(C)C)C(=O)N[C@H](CCCCN)C(=O)N[C@H](CCCNC(=N)N)C(=O)N[C@H](Cc1c[nH]c2ccccc12)C(N)=O. The second-order valence-electron chi connectivity index (χ2n) is 38.3. The smallest absolute Gasteiger partial charge is 0.243 e. The molecule has 146 heavy (non-hydrogen) atoms. The van der Waals surface area contributed by atoms with Gasteiger partial charge in [-0.2, -0.15) is 11.8 Å². The number of aromatic hydroxyl groups is 3. The van der Waals surface area contributed by atoms with Crippen molar-refractivity contribution in [1.29, 1.82) is 5.41 Å². The Balaban J connectivity index is 1.01. The van der Waals surface area contributed by atoms with E-state index < -0.39 is 209 Å². The van der Waals surface area contributed by atoms with Crippen molar-refractivity contribution in [1.82, 2.24) is 95.0 Å². The van der Waals surface area contributed by atoms with Crippen LogP contribution in [0.5, 0.6) is 17.2 Å². The quantitative estimate of drug-likeness (QED) is 0.0147. The first-order valence-electron chi connectivity index (χ1n) is 49.6. The number of nitrogens with two attached hydrogens (primary N) is 4. The van der Waals surface area contributed by atoms with Gasteiger partial charge in [0.05, 0.1) is 12.6 Å². The summed E-state index contributed by atoms with van der Waals surface area (Å²) in [6.07, 6.45) is 6.40. The summed E-state index contributed by atoms with van der Waals surface area (Å²) in [7, 11) is 0. The largest absolute Gasteiger partial charge is 0.508 e. The van der Waals surface area contributed by atoms with Crippen LogP contribution in [0.3, 0.4) is 0 Å². The topological polar surface area (TPSA) is 686 Å². The zero-order valence-electron chi connectivity index (χ0n) is 85.3. The number of hydrogen-bond donors (Lipinski definition) is 26. The van der Waals surface area contributed by atoms with Crippen LogP contribution in [-0.2, 0) is 109 Å². The third kappa shape index (κ3) is 38.3. The minimum Gasteiger partial charge on any atom is -0.508 e. The molecule has 796 valence electrons. The van der Waals surface area contributed by atoms with Crippen LogP contribution in [0, 0.1) is 35.0 Å². The molecule has 5 aromatic carbocycles. The number of nitrogens with one attached hydrogen (secondary N) is 19. The summed E-state index contributed by atoms with van der Waals surface area (Å²) >= 11 is 1.32. The van der Waals surface area contributed by atoms with Crippen LogP contribution < -0.4 is 108 Å². The van der Waals surface area contributed by atoms with Gasteiger partial charge in [0, 0.05) is 66.4 Å². The number of rotatable bonds is 61. The van der Waals surface area contributed by atoms with Crippen LogP contribution in [0.4, 0.5) is 0 Å². The number of aromatic nitrogens is 2. The van der Waals surface area contributed by atoms with Gasteiger partial charge in [-0.05, 0) is 196 Å². The van der Waals surface area contributed by atoms with Gasteiger partial charge in [-0.1, -0.05) is 155 Å². The number of aromatic amines is 2. The van der Waals surface area contributed by atoms with Crippen molar-refractivity contribution in [2.75, 3.05) is 31.6 Å². The first-order chi connectivity index (χ1) is 69.3. The van der Waals surface area contributed by atoms with E-state index in [4.69, 9.17) is 28.3 Å². The normalized spacial score (nSPS) is 14.9. The first-order valence-corrected chi connectivity index (χ1v) is 51.0. The second-order valence-corrected chi connectivity index (χ2v) is 39.3. The van der Waals surface area contributed by atoms with E-state index in [2.05, 4.69) is 95.0 Å². The Kier molecular flexibility index (Phi) is 48.1. The molecule has 0 aliphatic carbocycles. The van der Waals surface area contributed by atoms with E-state index in [1.54, 1.807) is 74.0 Å². The molecule has 30 N–H and O–H groups in total. The molecule has 0 aliphatic rings. The number of benzene rings is 5. The van der Waals surface area contributed by atoms with Gasteiger partial charge in [0.1, 0.15) is 102 Å². The van der Waals surface area contributed by atoms with Gasteiger partial charge in [-0.3, -0.25) is 82.1 Å². The Labute approximate surface area is 855 Å². The lowest BCUT2D eigenvalue weighted by Crippen LogP contribution is -2.61. The maximum absolute atomic E-state index is 15.0. The van der Waals surface area contributed by atoms with Gasteiger partial charge in [0.15, 0.2) is 5.96 Å². The number of phenolic OH excluding ortho intramolecular Hbond substituents is 3. The number of fused-ring (bicyclic) bond motifs is 2. The standard InChI is InChI=1S/C103H149N23O19S/c1-14-58(9)86(101(144)122-79(45-55(3)4)96(139)116-75(27-20-21-42-104)92(135)115-76(28-22-43-109-103(107)108)93(136)118-78(88(106)131)51-66-53-111-74-26-19-17-24-71(66)74)124-84(130)54-112-89(132)60(11)114-100(143)85(57(7)8)125-99(142)83(49-64-33-39-69(129)40-34-64)119-90(133)61(12)113-95(138)81(47-62-29-35-67(127)36-30-62)121-94(137)77(41-44-146-13)117-97(140)82(48-63-31-37-68(128)38-32-63)123-102(145)87(59(10)15-2)126-98(141)80(46-56(5)6)120-91(134)72(105)50-65-52-110-73-25-18-16-23-70(65)73/h16-19,23-26,29-40,52-53,55-61,72,75-83,85-87,110-111,127-129H,14-15,20-22,27-28,41-51,54,104-105H2,1-13H3,(H2,106,131)(H,112,132)(H,113,138)(H,114,143)(H,115,135)(H,116,139)(H,117,140)(H,118,136)(H,119,133)(H,120,134)(H,121,137)(H,122,144)(H,123,145)(H,124,130)(H,125,142)(H,126,141)(H4,107,108,109)/t58-,59-,60-,61-,72-,75-,76-,77-,78-,79-,80-,81-,82-,83-,85-,86-,87-/m1/s1. The first kappa shape index (κ1) is 119. The fourth-order valence-corrected chi connectivity index (χ4v) is 16.7. The molecule has 7 rings (SSSR count). The zero-order valence-corrected chi connectivity index (χ0v) is 86.1. The molecule has 0 saturated heterocycles. The van der Waals surface area contributed by atoms with E-state index >= 15 is 4.79 Å². The molecule has 7 aromatic rings. The van der Waals surface area contributed by atoms with Gasteiger partial charge >= 0.3 is 0 Å². The molecule has 0 spiro atoms. The highest BCUT2D eigenvalue weighted by Crippen LogP contribution is 2.25. The Morgan fingerprint density at radius 1 is 0.370 bits per heavy atom. The second kappa shape index (κ2) is 59.2. The number of para-hydroxylation sites is 2. The number of amides is 16. The van der Waals surface area contributed by atoms with Gasteiger partial charge in [0.2, 0.25) is 94.5 Å². The lowest BCUT2D eigenvalue weighted by molar-refractivity contribution is -0.136. The molecular weight excluding hydrogens is 1900 g/mol. The highest BCUT2D eigenvalue weighted by Gasteiger charge is 2.40. The van der Waals surface area contributed by atoms with Crippen LogP contribution in [-0.4, -0.2) is 248 Å². The van der Waals surface area contributed by atoms with Crippen molar-refractivity contribution in [3.8, 4) is 17.2 Å². The number of primary amides is 1. The van der Waals surface area contributed by atoms with Gasteiger partial charge < -0.3 is 133 Å². The molecule has 42 nitrogen and oxygen atoms in total. The molecule has 0 bridgehead atoms. The summed E-state index contributed by atoms with van der Waals surface area (Å²) in [6, 6.07) is 11.7. The van der Waals surface area contributed by atoms with Crippen molar-refractivity contribution in [3.63, 3.8) is 0 Å². The summed E-state index contributed by atoms with van der Waals surface area (Å²) < 4.78 is 0. The van der Waals surface area contributed by atoms with E-state index in [0.29, 0.717) is 47.9 Å². The molecule has 0 unspecified atom stereocenters. The average molecular weight is 2050 g/mol. The lowest BCUT2D eigenvalue weighted by atomic mass is 9.95. The molecule has 16 amide bonds. The van der Waals surface area contributed by atoms with Crippen molar-refractivity contribution in [3.05, 3.63) is 162 Å². The molecule has 0 aliphatic heterocycles. The highest BCUT2D eigenvalue weighted by molar-refractivity contribution is 7.98. The van der Waals surface area contributed by atoms with Crippen molar-refractivity contribution in [2.24, 2.45) is 52.5 Å². The number of carbonyl (C=O) groups is 16. The maximum atomic E-state index is 15.0. The number of guanidine groups is 1. The number of unbranched alkanes of at least 4 members (excludes halogenated alkanes) is 1. The third-order valence-electron chi connectivity index (χ3n) is 25.1. The van der Waals surface area contributed by atoms with E-state index in [9.17, 15) is 87.2 Å². The van der Waals surface area contributed by atoms with Crippen LogP contribution >= 0.6 is 11.8 Å². The van der Waals surface area contributed by atoms with Gasteiger partial charge in [-0.15, -0.1) is 0 Å². The Hall–Kier alpha value is -14.4. The fraction of sp³-hybridized carbons (Fsp3) is 0.505. The molecule has 0 saturated carbocycles. The number of carbonyl (C=O) groups excluding carboxylic acids is 16. The molecule has 2 heterocycles. The predicted octanol–water partition coefficient (Wildman–Crippen LogP) is 2.02. The Morgan fingerprint density at radius 2 is 0.726 bits per heavy atom. The van der Waals surface area contributed by atoms with Crippen LogP contribution in [0.2, 0.25) is 0 Å². The molecular formula is C103H149N23O19S. The summed E-state index contributed by atoms with van der Waals surface area (Å²) in [5.74, 6) is -15.9. The molecule has 17 atom stereocenters. The minimum atomic E-state index is -1.54. The third-order valence-corrected chi connectivity index (χ3v) is 25.8. The number of hydrogen-bond acceptors (Lipinski definition) is 23. The van der Waals surface area contributed by atoms with Crippen molar-refractivity contribution in [2.45, 2.75) is 270 Å². The Morgan fingerprint density at radius 3 is 1.17 bits per heavy atom. The van der Waals surface area contributed by atoms with Gasteiger partial charge in [0.25, 0.3) is 0 Å². The van der Waals surface area contributed by atoms with Crippen molar-refractivity contribution < 1.29 is 92.0 Å². The summed E-state index contributed by atoms with van der Waals surface area (Å²) in [5.41, 5.74) is 28.1. The highest BCUT2D eigenvalue weighted by atomic mass is 32.2. The zero-order chi connectivity index (χ0) is 108. The van der Waals surface area contributed by atoms with Crippen LogP contribution in [0.1, 0.15) is 175 Å². The minimum absolute atomic E-state index is 0.000239. The maximum Gasteiger partial charge on any atom is 0.243 e. The molecule has 0 fully saturated rings. The molecule has 2 aromatic heterocycles. The summed E-state index contributed by atoms with van der Waals surface area (Å²) in [4.78, 5) is 237. The van der Waals surface area contributed by atoms with E-state index in [1.807, 2.05) is 62.4 Å². The van der Waals surface area contributed by atoms with Crippen LogP contribution in [0.25, 0.3) is 21.8 Å². The molecule has 0 radical (unpaired) electrons.